The molecule has 0 bridgehead atoms. The Kier molecular flexibility index (Phi) is 5.93. The molecule has 1 heterocycles. The first-order valence-electron chi connectivity index (χ1n) is 11.2. The second-order valence-electron chi connectivity index (χ2n) is 9.69. The molecule has 0 aliphatic carbocycles. The fourth-order valence-corrected chi connectivity index (χ4v) is 8.71. The molecule has 33 heavy (non-hydrogen) atoms. The number of esters is 1. The second-order valence-corrected chi connectivity index (χ2v) is 13.9. The van der Waals surface area contributed by atoms with Crippen LogP contribution >= 0.6 is 0 Å². The van der Waals surface area contributed by atoms with Gasteiger partial charge in [-0.25, -0.2) is 4.79 Å². The van der Waals surface area contributed by atoms with Crippen molar-refractivity contribution in [1.29, 1.82) is 0 Å². The highest BCUT2D eigenvalue weighted by molar-refractivity contribution is 6.99. The van der Waals surface area contributed by atoms with Crippen molar-refractivity contribution in [1.82, 2.24) is 0 Å². The van der Waals surface area contributed by atoms with E-state index in [1.807, 2.05) is 66.7 Å². The van der Waals surface area contributed by atoms with E-state index in [0.29, 0.717) is 11.1 Å². The number of carbonyl (C=O) groups is 1. The van der Waals surface area contributed by atoms with Gasteiger partial charge in [-0.3, -0.25) is 0 Å². The Bertz CT molecular complexity index is 1110. The predicted molar refractivity (Wildman–Crippen MR) is 133 cm³/mol. The minimum Gasteiger partial charge on any atom is -0.509 e. The van der Waals surface area contributed by atoms with E-state index in [9.17, 15) is 4.79 Å². The zero-order valence-corrected chi connectivity index (χ0v) is 20.8. The summed E-state index contributed by atoms with van der Waals surface area (Å²) in [5, 5.41) is 1.92. The summed E-state index contributed by atoms with van der Waals surface area (Å²) >= 11 is 0. The van der Waals surface area contributed by atoms with E-state index < -0.39 is 20.1 Å². The average Bonchev–Trinajstić information content (AvgIpc) is 2.77. The molecule has 0 aromatic heterocycles. The molecular formula is C28H30O4Si. The highest BCUT2D eigenvalue weighted by atomic mass is 28.4. The number of hydrogen-bond acceptors (Lipinski definition) is 4. The largest absolute Gasteiger partial charge is 0.509 e. The minimum absolute atomic E-state index is 0.219. The lowest BCUT2D eigenvalue weighted by Gasteiger charge is -2.45. The Hall–Kier alpha value is -3.31. The third-order valence-corrected chi connectivity index (χ3v) is 10.7. The molecule has 0 atom stereocenters. The van der Waals surface area contributed by atoms with Crippen molar-refractivity contribution in [3.8, 4) is 0 Å². The van der Waals surface area contributed by atoms with Gasteiger partial charge in [0.2, 0.25) is 0 Å². The third kappa shape index (κ3) is 4.33. The monoisotopic (exact) mass is 458 g/mol. The van der Waals surface area contributed by atoms with Gasteiger partial charge in [0.15, 0.2) is 0 Å². The van der Waals surface area contributed by atoms with Gasteiger partial charge in [-0.1, -0.05) is 112 Å². The first-order chi connectivity index (χ1) is 15.6. The summed E-state index contributed by atoms with van der Waals surface area (Å²) < 4.78 is 18.9. The van der Waals surface area contributed by atoms with Gasteiger partial charge in [0.05, 0.1) is 0 Å². The van der Waals surface area contributed by atoms with Gasteiger partial charge in [-0.15, -0.1) is 0 Å². The van der Waals surface area contributed by atoms with Crippen molar-refractivity contribution < 1.29 is 18.7 Å². The van der Waals surface area contributed by atoms with E-state index in [4.69, 9.17) is 13.9 Å². The van der Waals surface area contributed by atoms with Crippen LogP contribution in [0.3, 0.4) is 0 Å². The Morgan fingerprint density at radius 2 is 1.18 bits per heavy atom. The van der Waals surface area contributed by atoms with E-state index in [-0.39, 0.29) is 11.0 Å². The fourth-order valence-electron chi connectivity index (χ4n) is 4.35. The molecule has 170 valence electrons. The topological polar surface area (TPSA) is 44.8 Å². The number of hydrogen-bond donors (Lipinski definition) is 0. The summed E-state index contributed by atoms with van der Waals surface area (Å²) in [6.07, 6.45) is 0. The van der Waals surface area contributed by atoms with Crippen LogP contribution in [0.5, 0.6) is 0 Å². The lowest BCUT2D eigenvalue weighted by Crippen LogP contribution is -2.66. The number of ether oxygens (including phenoxy) is 2. The SMILES string of the molecule is CC1(C)OC(=O)C(c2ccccc2)=C(O[Si](c2ccccc2)(c2ccccc2)C(C)(C)C)O1. The Balaban J connectivity index is 2.01. The van der Waals surface area contributed by atoms with Crippen LogP contribution in [0.25, 0.3) is 5.57 Å². The maximum Gasteiger partial charge on any atom is 0.349 e. The van der Waals surface area contributed by atoms with Crippen molar-refractivity contribution in [2.45, 2.75) is 45.4 Å². The summed E-state index contributed by atoms with van der Waals surface area (Å²) in [5.41, 5.74) is 1.01. The van der Waals surface area contributed by atoms with Crippen molar-refractivity contribution >= 4 is 30.2 Å². The van der Waals surface area contributed by atoms with Gasteiger partial charge in [0.1, 0.15) is 5.57 Å². The Morgan fingerprint density at radius 3 is 1.64 bits per heavy atom. The van der Waals surface area contributed by atoms with Crippen molar-refractivity contribution in [3.05, 3.63) is 103 Å². The summed E-state index contributed by atoms with van der Waals surface area (Å²) in [5.74, 6) is -1.38. The molecule has 3 aromatic rings. The third-order valence-electron chi connectivity index (χ3n) is 5.81. The summed E-state index contributed by atoms with van der Waals surface area (Å²) in [6, 6.07) is 30.0. The number of cyclic esters (lactones) is 1. The van der Waals surface area contributed by atoms with Crippen LogP contribution < -0.4 is 10.4 Å². The maximum atomic E-state index is 13.2. The first-order valence-corrected chi connectivity index (χ1v) is 13.1. The molecule has 1 aliphatic heterocycles. The molecule has 4 nitrogen and oxygen atoms in total. The van der Waals surface area contributed by atoms with Gasteiger partial charge in [0.25, 0.3) is 11.7 Å². The summed E-state index contributed by atoms with van der Waals surface area (Å²) in [4.78, 5) is 13.2. The van der Waals surface area contributed by atoms with Crippen LogP contribution in [0.1, 0.15) is 40.2 Å². The maximum absolute atomic E-state index is 13.2. The smallest absolute Gasteiger partial charge is 0.349 e. The molecule has 0 spiro atoms. The zero-order valence-electron chi connectivity index (χ0n) is 19.8. The number of carbonyl (C=O) groups excluding carboxylic acids is 1. The molecule has 4 rings (SSSR count). The van der Waals surface area contributed by atoms with Crippen molar-refractivity contribution in [3.63, 3.8) is 0 Å². The van der Waals surface area contributed by atoms with Gasteiger partial charge >= 0.3 is 14.3 Å². The fraction of sp³-hybridized carbons (Fsp3) is 0.250. The van der Waals surface area contributed by atoms with E-state index >= 15 is 0 Å². The van der Waals surface area contributed by atoms with E-state index in [1.165, 1.54) is 0 Å². The highest BCUT2D eigenvalue weighted by Gasteiger charge is 2.54. The van der Waals surface area contributed by atoms with E-state index in [2.05, 4.69) is 45.0 Å². The number of benzene rings is 3. The minimum atomic E-state index is -2.99. The van der Waals surface area contributed by atoms with Gasteiger partial charge in [0, 0.05) is 13.8 Å². The van der Waals surface area contributed by atoms with Crippen LogP contribution in [-0.2, 0) is 18.7 Å². The standard InChI is InChI=1S/C28H30O4Si/c1-27(2,3)33(22-17-11-7-12-18-22,23-19-13-8-14-20-23)32-26-24(21-15-9-6-10-16-21)25(29)30-28(4,5)31-26/h6-20H,1-5H3. The van der Waals surface area contributed by atoms with E-state index in [0.717, 1.165) is 10.4 Å². The van der Waals surface area contributed by atoms with Crippen molar-refractivity contribution in [2.24, 2.45) is 0 Å². The molecule has 1 aliphatic rings. The predicted octanol–water partition coefficient (Wildman–Crippen LogP) is 5.24. The first kappa shape index (κ1) is 22.9. The summed E-state index contributed by atoms with van der Waals surface area (Å²) in [7, 11) is -2.99. The molecule has 3 aromatic carbocycles. The van der Waals surface area contributed by atoms with Gasteiger partial charge in [-0.05, 0) is 21.0 Å². The van der Waals surface area contributed by atoms with Crippen LogP contribution in [0.2, 0.25) is 5.04 Å². The molecule has 0 saturated carbocycles. The second kappa shape index (κ2) is 8.56. The molecule has 0 radical (unpaired) electrons. The van der Waals surface area contributed by atoms with Crippen molar-refractivity contribution in [2.75, 3.05) is 0 Å². The van der Waals surface area contributed by atoms with Crippen LogP contribution in [0, 0.1) is 0 Å². The van der Waals surface area contributed by atoms with E-state index in [1.54, 1.807) is 13.8 Å². The molecule has 0 fully saturated rings. The zero-order chi connectivity index (χ0) is 23.7. The molecular weight excluding hydrogens is 428 g/mol. The van der Waals surface area contributed by atoms with Crippen LogP contribution in [0.15, 0.2) is 96.9 Å². The normalized spacial score (nSPS) is 16.1. The lowest BCUT2D eigenvalue weighted by molar-refractivity contribution is -0.214. The quantitative estimate of drug-likeness (QED) is 0.387. The lowest BCUT2D eigenvalue weighted by atomic mass is 10.1. The van der Waals surface area contributed by atoms with Crippen LogP contribution in [-0.4, -0.2) is 20.1 Å². The van der Waals surface area contributed by atoms with Crippen LogP contribution in [0.4, 0.5) is 0 Å². The molecule has 0 unspecified atom stereocenters. The molecule has 0 saturated heterocycles. The molecule has 0 N–H and O–H groups in total. The number of rotatable bonds is 5. The average molecular weight is 459 g/mol. The molecule has 5 heteroatoms. The van der Waals surface area contributed by atoms with Gasteiger partial charge < -0.3 is 13.9 Å². The Labute approximate surface area is 197 Å². The Morgan fingerprint density at radius 1 is 0.727 bits per heavy atom. The summed E-state index contributed by atoms with van der Waals surface area (Å²) in [6.45, 7) is 10.0. The highest BCUT2D eigenvalue weighted by Crippen LogP contribution is 2.41. The van der Waals surface area contributed by atoms with Gasteiger partial charge in [-0.2, -0.15) is 0 Å². The molecule has 0 amide bonds.